The quantitative estimate of drug-likeness (QED) is 0.488. The molecule has 0 spiro atoms. The number of likely N-dealkylation sites (N-methyl/N-ethyl adjacent to an activating group) is 1. The highest BCUT2D eigenvalue weighted by Gasteiger charge is 2.20. The molecule has 0 radical (unpaired) electrons. The van der Waals surface area contributed by atoms with E-state index >= 15 is 0 Å². The van der Waals surface area contributed by atoms with Crippen molar-refractivity contribution in [3.05, 3.63) is 0 Å². The van der Waals surface area contributed by atoms with Gasteiger partial charge in [-0.25, -0.2) is 0 Å². The van der Waals surface area contributed by atoms with Crippen LogP contribution in [-0.2, 0) is 14.4 Å². The number of nitrogens with one attached hydrogen (secondary N) is 2. The summed E-state index contributed by atoms with van der Waals surface area (Å²) in [4.78, 5) is 34.6. The maximum atomic E-state index is 11.8. The van der Waals surface area contributed by atoms with Crippen LogP contribution in [0.3, 0.4) is 0 Å². The molecule has 0 heterocycles. The molecule has 0 aromatic carbocycles. The fourth-order valence-corrected chi connectivity index (χ4v) is 1.63. The predicted molar refractivity (Wildman–Crippen MR) is 70.7 cm³/mol. The number of carboxylic acid groups (broad SMARTS) is 1. The fourth-order valence-electron chi connectivity index (χ4n) is 1.63. The smallest absolute Gasteiger partial charge is 0.322 e. The van der Waals surface area contributed by atoms with Gasteiger partial charge in [0.2, 0.25) is 11.8 Å². The number of amides is 2. The molecule has 2 amide bonds. The lowest BCUT2D eigenvalue weighted by molar-refractivity contribution is -0.138. The first-order valence-electron chi connectivity index (χ1n) is 6.25. The van der Waals surface area contributed by atoms with E-state index < -0.39 is 5.97 Å². The van der Waals surface area contributed by atoms with Gasteiger partial charge in [-0.1, -0.05) is 0 Å². The van der Waals surface area contributed by atoms with Crippen LogP contribution in [0.5, 0.6) is 0 Å². The van der Waals surface area contributed by atoms with Crippen molar-refractivity contribution in [2.24, 2.45) is 0 Å². The molecule has 7 nitrogen and oxygen atoms in total. The molecular weight excluding hydrogens is 250 g/mol. The molecule has 110 valence electrons. The van der Waals surface area contributed by atoms with Crippen LogP contribution in [0.4, 0.5) is 0 Å². The lowest BCUT2D eigenvalue weighted by atomic mass is 10.1. The number of aliphatic carboxylic acids is 1. The van der Waals surface area contributed by atoms with Crippen molar-refractivity contribution >= 4 is 17.8 Å². The summed E-state index contributed by atoms with van der Waals surface area (Å²) in [5, 5.41) is 13.6. The molecule has 1 atom stereocenters. The first-order chi connectivity index (χ1) is 8.84. The van der Waals surface area contributed by atoms with Gasteiger partial charge in [0.25, 0.3) is 0 Å². The molecule has 0 aliphatic heterocycles. The zero-order chi connectivity index (χ0) is 14.8. The average Bonchev–Trinajstić information content (AvgIpc) is 2.29. The Kier molecular flexibility index (Phi) is 8.52. The van der Waals surface area contributed by atoms with E-state index in [9.17, 15) is 14.4 Å². The number of unbranched alkanes of at least 4 members (excludes halogenated alkanes) is 1. The average molecular weight is 273 g/mol. The van der Waals surface area contributed by atoms with Crippen molar-refractivity contribution in [3.8, 4) is 0 Å². The summed E-state index contributed by atoms with van der Waals surface area (Å²) in [5.74, 6) is -1.41. The highest BCUT2D eigenvalue weighted by molar-refractivity contribution is 5.85. The molecule has 0 aliphatic rings. The molecule has 0 fully saturated rings. The fraction of sp³-hybridized carbons (Fsp3) is 0.750. The van der Waals surface area contributed by atoms with Crippen LogP contribution in [0.25, 0.3) is 0 Å². The van der Waals surface area contributed by atoms with Gasteiger partial charge in [-0.05, 0) is 33.4 Å². The van der Waals surface area contributed by atoms with E-state index in [1.165, 1.54) is 6.92 Å². The Hall–Kier alpha value is -1.63. The van der Waals surface area contributed by atoms with E-state index in [0.29, 0.717) is 13.0 Å². The zero-order valence-electron chi connectivity index (χ0n) is 11.7. The normalized spacial score (nSPS) is 12.0. The Balaban J connectivity index is 4.01. The van der Waals surface area contributed by atoms with Gasteiger partial charge in [0.15, 0.2) is 0 Å². The van der Waals surface area contributed by atoms with E-state index in [2.05, 4.69) is 10.6 Å². The summed E-state index contributed by atoms with van der Waals surface area (Å²) in [6.45, 7) is 1.68. The van der Waals surface area contributed by atoms with E-state index in [0.717, 1.165) is 12.8 Å². The van der Waals surface area contributed by atoms with Crippen LogP contribution >= 0.6 is 0 Å². The SMILES string of the molecule is CC(=O)NCCCCC(C(=O)NCC(=O)O)N(C)C. The number of carbonyl (C=O) groups is 3. The standard InChI is InChI=1S/C12H23N3O4/c1-9(16)13-7-5-4-6-10(15(2)3)12(19)14-8-11(17)18/h10H,4-8H2,1-3H3,(H,13,16)(H,14,19)(H,17,18). The Bertz CT molecular complexity index is 318. The minimum atomic E-state index is -1.06. The third-order valence-corrected chi connectivity index (χ3v) is 2.62. The predicted octanol–water partition coefficient (Wildman–Crippen LogP) is -0.576. The van der Waals surface area contributed by atoms with Gasteiger partial charge in [-0.3, -0.25) is 19.3 Å². The van der Waals surface area contributed by atoms with Gasteiger partial charge in [0, 0.05) is 13.5 Å². The van der Waals surface area contributed by atoms with Gasteiger partial charge < -0.3 is 15.7 Å². The topological polar surface area (TPSA) is 98.7 Å². The van der Waals surface area contributed by atoms with Crippen molar-refractivity contribution < 1.29 is 19.5 Å². The first kappa shape index (κ1) is 17.4. The first-order valence-corrected chi connectivity index (χ1v) is 6.25. The van der Waals surface area contributed by atoms with Crippen LogP contribution in [0.15, 0.2) is 0 Å². The maximum absolute atomic E-state index is 11.8. The monoisotopic (exact) mass is 273 g/mol. The van der Waals surface area contributed by atoms with Crippen LogP contribution in [0, 0.1) is 0 Å². The minimum Gasteiger partial charge on any atom is -0.480 e. The third kappa shape index (κ3) is 9.01. The number of carboxylic acids is 1. The van der Waals surface area contributed by atoms with Gasteiger partial charge in [-0.2, -0.15) is 0 Å². The Morgan fingerprint density at radius 3 is 2.26 bits per heavy atom. The van der Waals surface area contributed by atoms with E-state index in [1.54, 1.807) is 19.0 Å². The second-order valence-corrected chi connectivity index (χ2v) is 4.57. The van der Waals surface area contributed by atoms with Crippen molar-refractivity contribution in [2.75, 3.05) is 27.2 Å². The Morgan fingerprint density at radius 1 is 1.16 bits per heavy atom. The summed E-state index contributed by atoms with van der Waals surface area (Å²) in [5.41, 5.74) is 0. The molecule has 0 aliphatic carbocycles. The molecule has 0 rings (SSSR count). The number of carbonyl (C=O) groups excluding carboxylic acids is 2. The highest BCUT2D eigenvalue weighted by Crippen LogP contribution is 2.05. The molecule has 1 unspecified atom stereocenters. The number of nitrogens with zero attached hydrogens (tertiary/aromatic N) is 1. The molecular formula is C12H23N3O4. The molecule has 0 bridgehead atoms. The Labute approximate surface area is 113 Å². The van der Waals surface area contributed by atoms with Crippen molar-refractivity contribution in [3.63, 3.8) is 0 Å². The summed E-state index contributed by atoms with van der Waals surface area (Å²) < 4.78 is 0. The lowest BCUT2D eigenvalue weighted by Crippen LogP contribution is -2.45. The largest absolute Gasteiger partial charge is 0.480 e. The van der Waals surface area contributed by atoms with E-state index in [4.69, 9.17) is 5.11 Å². The van der Waals surface area contributed by atoms with Gasteiger partial charge >= 0.3 is 5.97 Å². The molecule has 0 aromatic rings. The van der Waals surface area contributed by atoms with Crippen molar-refractivity contribution in [1.29, 1.82) is 0 Å². The summed E-state index contributed by atoms with van der Waals surface area (Å²) in [7, 11) is 3.55. The van der Waals surface area contributed by atoms with Gasteiger partial charge in [0.1, 0.15) is 6.54 Å². The van der Waals surface area contributed by atoms with Crippen molar-refractivity contribution in [1.82, 2.24) is 15.5 Å². The zero-order valence-corrected chi connectivity index (χ0v) is 11.7. The molecule has 7 heteroatoms. The highest BCUT2D eigenvalue weighted by atomic mass is 16.4. The van der Waals surface area contributed by atoms with Crippen molar-refractivity contribution in [2.45, 2.75) is 32.2 Å². The van der Waals surface area contributed by atoms with Crippen LogP contribution in [0.2, 0.25) is 0 Å². The van der Waals surface area contributed by atoms with Crippen LogP contribution in [-0.4, -0.2) is 61.0 Å². The molecule has 0 saturated heterocycles. The second kappa shape index (κ2) is 9.32. The molecule has 19 heavy (non-hydrogen) atoms. The summed E-state index contributed by atoms with van der Waals surface area (Å²) in [6.07, 6.45) is 2.19. The minimum absolute atomic E-state index is 0.0663. The van der Waals surface area contributed by atoms with E-state index in [-0.39, 0.29) is 24.4 Å². The van der Waals surface area contributed by atoms with Crippen LogP contribution < -0.4 is 10.6 Å². The third-order valence-electron chi connectivity index (χ3n) is 2.62. The second-order valence-electron chi connectivity index (χ2n) is 4.57. The maximum Gasteiger partial charge on any atom is 0.322 e. The molecule has 3 N–H and O–H groups in total. The summed E-state index contributed by atoms with van der Waals surface area (Å²) >= 11 is 0. The lowest BCUT2D eigenvalue weighted by Gasteiger charge is -2.23. The summed E-state index contributed by atoms with van der Waals surface area (Å²) in [6, 6.07) is -0.350. The van der Waals surface area contributed by atoms with Gasteiger partial charge in [0.05, 0.1) is 6.04 Å². The van der Waals surface area contributed by atoms with Gasteiger partial charge in [-0.15, -0.1) is 0 Å². The number of hydrogen-bond acceptors (Lipinski definition) is 4. The Morgan fingerprint density at radius 2 is 1.79 bits per heavy atom. The number of rotatable bonds is 9. The molecule has 0 saturated carbocycles. The molecule has 0 aromatic heterocycles. The number of hydrogen-bond donors (Lipinski definition) is 3. The van der Waals surface area contributed by atoms with Crippen LogP contribution in [0.1, 0.15) is 26.2 Å². The van der Waals surface area contributed by atoms with E-state index in [1.807, 2.05) is 0 Å².